The summed E-state index contributed by atoms with van der Waals surface area (Å²) < 4.78 is 5.93. The standard InChI is InChI=1S/C18H27N3O2.2ClH/c22-17(12-19-11-14-8-9-14)21-18-16(7-4-10-20-18)23-13-15-5-2-1-3-6-15;;/h4,7,10,14-15,19H,1-3,5-6,8-9,11-13H2,(H,20,21,22);2*1H. The van der Waals surface area contributed by atoms with E-state index in [1.54, 1.807) is 6.20 Å². The number of hydrogen-bond acceptors (Lipinski definition) is 4. The summed E-state index contributed by atoms with van der Waals surface area (Å²) in [5, 5.41) is 6.04. The first-order valence-corrected chi connectivity index (χ1v) is 8.89. The Labute approximate surface area is 162 Å². The number of carbonyl (C=O) groups excluding carboxylic acids is 1. The summed E-state index contributed by atoms with van der Waals surface area (Å²) in [5.41, 5.74) is 0. The fourth-order valence-electron chi connectivity index (χ4n) is 3.05. The van der Waals surface area contributed by atoms with Crippen LogP contribution >= 0.6 is 24.8 Å². The molecular weight excluding hydrogens is 361 g/mol. The molecule has 0 saturated heterocycles. The highest BCUT2D eigenvalue weighted by Gasteiger charge is 2.21. The maximum Gasteiger partial charge on any atom is 0.239 e. The van der Waals surface area contributed by atoms with E-state index in [-0.39, 0.29) is 30.7 Å². The Morgan fingerprint density at radius 1 is 1.12 bits per heavy atom. The van der Waals surface area contributed by atoms with Crippen molar-refractivity contribution in [3.8, 4) is 5.75 Å². The van der Waals surface area contributed by atoms with E-state index in [1.165, 1.54) is 44.9 Å². The number of nitrogens with zero attached hydrogens (tertiary/aromatic N) is 1. The average Bonchev–Trinajstić information content (AvgIpc) is 3.39. The molecule has 5 nitrogen and oxygen atoms in total. The number of halogens is 2. The molecule has 7 heteroatoms. The minimum atomic E-state index is -0.0631. The summed E-state index contributed by atoms with van der Waals surface area (Å²) in [7, 11) is 0. The lowest BCUT2D eigenvalue weighted by Gasteiger charge is -2.22. The molecule has 1 heterocycles. The second-order valence-electron chi connectivity index (χ2n) is 6.79. The summed E-state index contributed by atoms with van der Waals surface area (Å²) in [6, 6.07) is 3.72. The van der Waals surface area contributed by atoms with E-state index in [2.05, 4.69) is 15.6 Å². The van der Waals surface area contributed by atoms with Crippen molar-refractivity contribution in [2.45, 2.75) is 44.9 Å². The van der Waals surface area contributed by atoms with Gasteiger partial charge in [0.15, 0.2) is 11.6 Å². The molecule has 2 aliphatic rings. The van der Waals surface area contributed by atoms with Crippen LogP contribution in [0.4, 0.5) is 5.82 Å². The van der Waals surface area contributed by atoms with Gasteiger partial charge in [-0.15, -0.1) is 24.8 Å². The van der Waals surface area contributed by atoms with Gasteiger partial charge in [0.1, 0.15) is 0 Å². The fraction of sp³-hybridized carbons (Fsp3) is 0.667. The van der Waals surface area contributed by atoms with Gasteiger partial charge in [0.25, 0.3) is 0 Å². The first kappa shape index (κ1) is 22.0. The van der Waals surface area contributed by atoms with Crippen LogP contribution in [0, 0.1) is 11.8 Å². The second-order valence-corrected chi connectivity index (χ2v) is 6.79. The Hall–Kier alpha value is -1.04. The molecule has 142 valence electrons. The Morgan fingerprint density at radius 2 is 1.88 bits per heavy atom. The molecule has 0 aliphatic heterocycles. The van der Waals surface area contributed by atoms with Gasteiger partial charge in [-0.2, -0.15) is 0 Å². The van der Waals surface area contributed by atoms with E-state index < -0.39 is 0 Å². The van der Waals surface area contributed by atoms with E-state index >= 15 is 0 Å². The maximum atomic E-state index is 12.0. The highest BCUT2D eigenvalue weighted by Crippen LogP contribution is 2.28. The van der Waals surface area contributed by atoms with Gasteiger partial charge in [0, 0.05) is 6.20 Å². The van der Waals surface area contributed by atoms with Gasteiger partial charge in [-0.05, 0) is 56.2 Å². The zero-order chi connectivity index (χ0) is 15.9. The maximum absolute atomic E-state index is 12.0. The number of aromatic nitrogens is 1. The first-order valence-electron chi connectivity index (χ1n) is 8.89. The van der Waals surface area contributed by atoms with Crippen molar-refractivity contribution in [3.63, 3.8) is 0 Å². The molecule has 1 aromatic heterocycles. The highest BCUT2D eigenvalue weighted by molar-refractivity contribution is 5.92. The topological polar surface area (TPSA) is 63.2 Å². The van der Waals surface area contributed by atoms with Gasteiger partial charge >= 0.3 is 0 Å². The largest absolute Gasteiger partial charge is 0.489 e. The molecule has 0 aromatic carbocycles. The van der Waals surface area contributed by atoms with Crippen LogP contribution in [-0.2, 0) is 4.79 Å². The Kier molecular flexibility index (Phi) is 10.2. The minimum Gasteiger partial charge on any atom is -0.489 e. The SMILES string of the molecule is Cl.Cl.O=C(CNCC1CC1)Nc1ncccc1OCC1CCCCC1. The molecule has 0 radical (unpaired) electrons. The van der Waals surface area contributed by atoms with Gasteiger partial charge in [0.05, 0.1) is 13.2 Å². The molecule has 2 N–H and O–H groups in total. The van der Waals surface area contributed by atoms with Crippen molar-refractivity contribution >= 4 is 36.5 Å². The van der Waals surface area contributed by atoms with Crippen LogP contribution in [0.25, 0.3) is 0 Å². The molecule has 2 aliphatic carbocycles. The number of carbonyl (C=O) groups is 1. The van der Waals surface area contributed by atoms with Gasteiger partial charge < -0.3 is 15.4 Å². The summed E-state index contributed by atoms with van der Waals surface area (Å²) in [5.74, 6) is 2.54. The zero-order valence-electron chi connectivity index (χ0n) is 14.5. The molecule has 2 saturated carbocycles. The van der Waals surface area contributed by atoms with Gasteiger partial charge in [0.2, 0.25) is 5.91 Å². The van der Waals surface area contributed by atoms with Crippen LogP contribution in [-0.4, -0.2) is 30.6 Å². The highest BCUT2D eigenvalue weighted by atomic mass is 35.5. The van der Waals surface area contributed by atoms with Crippen LogP contribution in [0.2, 0.25) is 0 Å². The quantitative estimate of drug-likeness (QED) is 0.708. The lowest BCUT2D eigenvalue weighted by Crippen LogP contribution is -2.30. The number of hydrogen-bond donors (Lipinski definition) is 2. The molecule has 3 rings (SSSR count). The van der Waals surface area contributed by atoms with Crippen LogP contribution in [0.15, 0.2) is 18.3 Å². The Balaban J connectivity index is 0.00000156. The summed E-state index contributed by atoms with van der Waals surface area (Å²) in [4.78, 5) is 16.3. The van der Waals surface area contributed by atoms with E-state index in [9.17, 15) is 4.79 Å². The third-order valence-corrected chi connectivity index (χ3v) is 4.64. The molecule has 0 bridgehead atoms. The van der Waals surface area contributed by atoms with E-state index in [0.717, 1.165) is 12.5 Å². The third kappa shape index (κ3) is 7.80. The molecule has 0 spiro atoms. The van der Waals surface area contributed by atoms with Crippen molar-refractivity contribution in [2.75, 3.05) is 25.0 Å². The van der Waals surface area contributed by atoms with Gasteiger partial charge in [-0.25, -0.2) is 4.98 Å². The molecule has 1 amide bonds. The van der Waals surface area contributed by atoms with Crippen molar-refractivity contribution in [2.24, 2.45) is 11.8 Å². The lowest BCUT2D eigenvalue weighted by molar-refractivity contribution is -0.115. The van der Waals surface area contributed by atoms with Crippen molar-refractivity contribution in [3.05, 3.63) is 18.3 Å². The number of ether oxygens (including phenoxy) is 1. The monoisotopic (exact) mass is 389 g/mol. The lowest BCUT2D eigenvalue weighted by atomic mass is 9.90. The molecular formula is C18H29Cl2N3O2. The summed E-state index contributed by atoms with van der Waals surface area (Å²) in [6.07, 6.45) is 10.7. The molecule has 25 heavy (non-hydrogen) atoms. The minimum absolute atomic E-state index is 0. The predicted molar refractivity (Wildman–Crippen MR) is 105 cm³/mol. The van der Waals surface area contributed by atoms with Crippen molar-refractivity contribution < 1.29 is 9.53 Å². The smallest absolute Gasteiger partial charge is 0.239 e. The third-order valence-electron chi connectivity index (χ3n) is 4.64. The normalized spacial score (nSPS) is 17.1. The van der Waals surface area contributed by atoms with E-state index in [0.29, 0.717) is 30.6 Å². The van der Waals surface area contributed by atoms with Crippen LogP contribution in [0.5, 0.6) is 5.75 Å². The molecule has 0 atom stereocenters. The van der Waals surface area contributed by atoms with Gasteiger partial charge in [-0.3, -0.25) is 4.79 Å². The summed E-state index contributed by atoms with van der Waals surface area (Å²) in [6.45, 7) is 1.98. The van der Waals surface area contributed by atoms with Crippen LogP contribution < -0.4 is 15.4 Å². The average molecular weight is 390 g/mol. The second kappa shape index (κ2) is 11.6. The number of rotatable bonds is 8. The van der Waals surface area contributed by atoms with Gasteiger partial charge in [-0.1, -0.05) is 19.3 Å². The number of amides is 1. The van der Waals surface area contributed by atoms with Crippen LogP contribution in [0.1, 0.15) is 44.9 Å². The summed E-state index contributed by atoms with van der Waals surface area (Å²) >= 11 is 0. The van der Waals surface area contributed by atoms with Crippen LogP contribution in [0.3, 0.4) is 0 Å². The number of anilines is 1. The zero-order valence-corrected chi connectivity index (χ0v) is 16.2. The molecule has 2 fully saturated rings. The first-order chi connectivity index (χ1) is 11.3. The van der Waals surface area contributed by atoms with Crippen molar-refractivity contribution in [1.29, 1.82) is 0 Å². The van der Waals surface area contributed by atoms with E-state index in [4.69, 9.17) is 4.74 Å². The predicted octanol–water partition coefficient (Wildman–Crippen LogP) is 3.82. The molecule has 1 aromatic rings. The number of nitrogens with one attached hydrogen (secondary N) is 2. The Bertz CT molecular complexity index is 521. The number of pyridine rings is 1. The fourth-order valence-corrected chi connectivity index (χ4v) is 3.05. The Morgan fingerprint density at radius 3 is 2.60 bits per heavy atom. The van der Waals surface area contributed by atoms with E-state index in [1.807, 2.05) is 12.1 Å². The molecule has 0 unspecified atom stereocenters. The van der Waals surface area contributed by atoms with Crippen molar-refractivity contribution in [1.82, 2.24) is 10.3 Å².